The molecule has 1 unspecified atom stereocenters. The highest BCUT2D eigenvalue weighted by Gasteiger charge is 2.29. The Hall–Kier alpha value is -2.66. The van der Waals surface area contributed by atoms with Gasteiger partial charge >= 0.3 is 0 Å². The molecule has 10 heteroatoms. The Morgan fingerprint density at radius 3 is 2.55 bits per heavy atom. The third-order valence-corrected chi connectivity index (χ3v) is 7.51. The van der Waals surface area contributed by atoms with Gasteiger partial charge in [-0.2, -0.15) is 4.31 Å². The molecule has 2 aliphatic rings. The van der Waals surface area contributed by atoms with Crippen LogP contribution >= 0.6 is 0 Å². The second-order valence-corrected chi connectivity index (χ2v) is 9.71. The van der Waals surface area contributed by atoms with Gasteiger partial charge in [-0.3, -0.25) is 4.79 Å². The maximum atomic E-state index is 13.1. The summed E-state index contributed by atoms with van der Waals surface area (Å²) >= 11 is 0. The van der Waals surface area contributed by atoms with Crippen molar-refractivity contribution in [3.8, 4) is 11.5 Å². The van der Waals surface area contributed by atoms with Gasteiger partial charge in [0.25, 0.3) is 5.91 Å². The number of sulfonamides is 1. The zero-order chi connectivity index (χ0) is 23.3. The lowest BCUT2D eigenvalue weighted by molar-refractivity contribution is 0.0679. The van der Waals surface area contributed by atoms with E-state index in [9.17, 15) is 13.2 Å². The minimum atomic E-state index is -3.80. The van der Waals surface area contributed by atoms with Crippen molar-refractivity contribution in [1.29, 1.82) is 0 Å². The van der Waals surface area contributed by atoms with Gasteiger partial charge in [-0.25, -0.2) is 8.42 Å². The van der Waals surface area contributed by atoms with Gasteiger partial charge in [0.2, 0.25) is 10.0 Å². The molecule has 2 aliphatic heterocycles. The molecule has 2 heterocycles. The highest BCUT2D eigenvalue weighted by molar-refractivity contribution is 7.89. The van der Waals surface area contributed by atoms with E-state index in [0.717, 1.165) is 19.4 Å². The third-order valence-electron chi connectivity index (χ3n) is 5.59. The topological polar surface area (TPSA) is 103 Å². The van der Waals surface area contributed by atoms with Gasteiger partial charge in [-0.15, -0.1) is 0 Å². The van der Waals surface area contributed by atoms with Crippen molar-refractivity contribution < 1.29 is 32.2 Å². The summed E-state index contributed by atoms with van der Waals surface area (Å²) in [4.78, 5) is 12.7. The van der Waals surface area contributed by atoms with E-state index in [-0.39, 0.29) is 35.7 Å². The van der Waals surface area contributed by atoms with E-state index in [1.807, 2.05) is 0 Å². The van der Waals surface area contributed by atoms with E-state index < -0.39 is 10.0 Å². The van der Waals surface area contributed by atoms with E-state index in [4.69, 9.17) is 18.9 Å². The van der Waals surface area contributed by atoms with Crippen LogP contribution < -0.4 is 14.8 Å². The Balaban J connectivity index is 1.44. The second-order valence-electron chi connectivity index (χ2n) is 7.81. The summed E-state index contributed by atoms with van der Waals surface area (Å²) in [6.45, 7) is 2.47. The number of morpholine rings is 1. The van der Waals surface area contributed by atoms with Crippen LogP contribution in [0, 0.1) is 0 Å². The number of hydrogen-bond donors (Lipinski definition) is 1. The molecule has 1 N–H and O–H groups in total. The van der Waals surface area contributed by atoms with Crippen molar-refractivity contribution in [2.24, 2.45) is 0 Å². The van der Waals surface area contributed by atoms with Crippen molar-refractivity contribution >= 4 is 21.6 Å². The van der Waals surface area contributed by atoms with E-state index in [1.165, 1.54) is 23.5 Å². The molecular formula is C23H28N2O7S. The monoisotopic (exact) mass is 476 g/mol. The van der Waals surface area contributed by atoms with E-state index >= 15 is 0 Å². The van der Waals surface area contributed by atoms with Gasteiger partial charge in [0.15, 0.2) is 0 Å². The summed E-state index contributed by atoms with van der Waals surface area (Å²) < 4.78 is 49.4. The van der Waals surface area contributed by atoms with Gasteiger partial charge in [-0.05, 0) is 55.3 Å². The Kier molecular flexibility index (Phi) is 7.49. The highest BCUT2D eigenvalue weighted by Crippen LogP contribution is 2.30. The number of carbonyl (C=O) groups is 1. The maximum absolute atomic E-state index is 13.1. The second kappa shape index (κ2) is 10.5. The summed E-state index contributed by atoms with van der Waals surface area (Å²) in [7, 11) is -2.39. The molecule has 33 heavy (non-hydrogen) atoms. The number of nitrogens with one attached hydrogen (secondary N) is 1. The fourth-order valence-electron chi connectivity index (χ4n) is 3.75. The van der Waals surface area contributed by atoms with Crippen molar-refractivity contribution in [1.82, 2.24) is 4.31 Å². The SMILES string of the molecule is COc1ccc(NC(=O)c2ccc(OCC3CCCO3)cc2)cc1S(=O)(=O)N1CCOCC1. The molecule has 0 radical (unpaired) electrons. The molecular weight excluding hydrogens is 448 g/mol. The molecule has 2 fully saturated rings. The summed E-state index contributed by atoms with van der Waals surface area (Å²) in [5.41, 5.74) is 0.777. The van der Waals surface area contributed by atoms with Crippen molar-refractivity contribution in [2.45, 2.75) is 23.8 Å². The van der Waals surface area contributed by atoms with Crippen LogP contribution in [0.15, 0.2) is 47.4 Å². The lowest BCUT2D eigenvalue weighted by Crippen LogP contribution is -2.40. The number of rotatable bonds is 8. The van der Waals surface area contributed by atoms with Crippen LogP contribution in [0.1, 0.15) is 23.2 Å². The number of ether oxygens (including phenoxy) is 4. The lowest BCUT2D eigenvalue weighted by Gasteiger charge is -2.26. The van der Waals surface area contributed by atoms with Crippen LogP contribution in [-0.2, 0) is 19.5 Å². The van der Waals surface area contributed by atoms with Crippen molar-refractivity contribution in [2.75, 3.05) is 51.9 Å². The first-order valence-electron chi connectivity index (χ1n) is 10.9. The molecule has 0 aromatic heterocycles. The molecule has 2 aromatic rings. The number of anilines is 1. The number of nitrogens with zero attached hydrogens (tertiary/aromatic N) is 1. The number of carbonyl (C=O) groups excluding carboxylic acids is 1. The molecule has 4 rings (SSSR count). The van der Waals surface area contributed by atoms with Crippen LogP contribution in [0.25, 0.3) is 0 Å². The number of benzene rings is 2. The smallest absolute Gasteiger partial charge is 0.255 e. The highest BCUT2D eigenvalue weighted by atomic mass is 32.2. The first-order valence-corrected chi connectivity index (χ1v) is 12.3. The van der Waals surface area contributed by atoms with E-state index in [0.29, 0.717) is 36.8 Å². The first kappa shape index (κ1) is 23.5. The van der Waals surface area contributed by atoms with Crippen LogP contribution in [0.4, 0.5) is 5.69 Å². The average molecular weight is 477 g/mol. The predicted octanol–water partition coefficient (Wildman–Crippen LogP) is 2.53. The maximum Gasteiger partial charge on any atom is 0.255 e. The summed E-state index contributed by atoms with van der Waals surface area (Å²) in [6.07, 6.45) is 2.16. The number of hydrogen-bond acceptors (Lipinski definition) is 7. The largest absolute Gasteiger partial charge is 0.495 e. The predicted molar refractivity (Wildman–Crippen MR) is 121 cm³/mol. The molecule has 1 amide bonds. The lowest BCUT2D eigenvalue weighted by atomic mass is 10.2. The third kappa shape index (κ3) is 5.64. The molecule has 9 nitrogen and oxygen atoms in total. The molecule has 0 bridgehead atoms. The number of amides is 1. The Morgan fingerprint density at radius 2 is 1.88 bits per heavy atom. The Labute approximate surface area is 193 Å². The Morgan fingerprint density at radius 1 is 1.12 bits per heavy atom. The molecule has 0 saturated carbocycles. The molecule has 2 aromatic carbocycles. The summed E-state index contributed by atoms with van der Waals surface area (Å²) in [5.74, 6) is 0.512. The quantitative estimate of drug-likeness (QED) is 0.624. The van der Waals surface area contributed by atoms with E-state index in [2.05, 4.69) is 5.32 Å². The molecule has 178 valence electrons. The molecule has 0 aliphatic carbocycles. The van der Waals surface area contributed by atoms with Gasteiger partial charge in [-0.1, -0.05) is 0 Å². The standard InChI is InChI=1S/C23H28N2O7S/c1-29-21-9-6-18(15-22(21)33(27,28)25-10-13-30-14-11-25)24-23(26)17-4-7-19(8-5-17)32-16-20-3-2-12-31-20/h4-9,15,20H,2-3,10-14,16H2,1H3,(H,24,26). The van der Waals surface area contributed by atoms with Gasteiger partial charge in [0.05, 0.1) is 26.4 Å². The molecule has 2 saturated heterocycles. The first-order chi connectivity index (χ1) is 16.0. The number of methoxy groups -OCH3 is 1. The fraction of sp³-hybridized carbons (Fsp3) is 0.435. The van der Waals surface area contributed by atoms with E-state index in [1.54, 1.807) is 30.3 Å². The average Bonchev–Trinajstić information content (AvgIpc) is 3.37. The fourth-order valence-corrected chi connectivity index (χ4v) is 5.34. The van der Waals surface area contributed by atoms with Crippen molar-refractivity contribution in [3.63, 3.8) is 0 Å². The van der Waals surface area contributed by atoms with Gasteiger partial charge in [0.1, 0.15) is 23.0 Å². The van der Waals surface area contributed by atoms with Crippen LogP contribution in [0.5, 0.6) is 11.5 Å². The summed E-state index contributed by atoms with van der Waals surface area (Å²) in [6, 6.07) is 11.3. The van der Waals surface area contributed by atoms with Crippen molar-refractivity contribution in [3.05, 3.63) is 48.0 Å². The zero-order valence-corrected chi connectivity index (χ0v) is 19.3. The van der Waals surface area contributed by atoms with Gasteiger partial charge < -0.3 is 24.3 Å². The minimum absolute atomic E-state index is 0.00239. The van der Waals surface area contributed by atoms with Crippen LogP contribution in [0.3, 0.4) is 0 Å². The summed E-state index contributed by atoms with van der Waals surface area (Å²) in [5, 5.41) is 2.76. The van der Waals surface area contributed by atoms with Gasteiger partial charge in [0, 0.05) is 30.9 Å². The normalized spacial score (nSPS) is 19.2. The van der Waals surface area contributed by atoms with Crippen LogP contribution in [-0.4, -0.2) is 71.4 Å². The molecule has 0 spiro atoms. The Bertz CT molecular complexity index is 1060. The molecule has 1 atom stereocenters. The zero-order valence-electron chi connectivity index (χ0n) is 18.5. The van der Waals surface area contributed by atoms with Crippen LogP contribution in [0.2, 0.25) is 0 Å². The minimum Gasteiger partial charge on any atom is -0.495 e.